The molecule has 0 aliphatic heterocycles. The standard InChI is InChI=1S/C9H9BrO2.C7H5BrO2/c1-2-12-9-5-8(10)4-3-7(9)6-11;8-6-2-1-5(4-9)7(10)3-6/h3-6H,2H2,1H3;1-4,10H. The second kappa shape index (κ2) is 9.38. The first-order chi connectivity index (χ1) is 10.5. The fourth-order valence-corrected chi connectivity index (χ4v) is 2.19. The van der Waals surface area contributed by atoms with Crippen molar-refractivity contribution in [2.24, 2.45) is 0 Å². The summed E-state index contributed by atoms with van der Waals surface area (Å²) in [5.74, 6) is 0.631. The minimum Gasteiger partial charge on any atom is -0.507 e. The monoisotopic (exact) mass is 428 g/mol. The maximum atomic E-state index is 10.5. The molecule has 0 heterocycles. The molecule has 0 saturated carbocycles. The summed E-state index contributed by atoms with van der Waals surface area (Å²) in [4.78, 5) is 20.7. The van der Waals surface area contributed by atoms with Gasteiger partial charge in [0.2, 0.25) is 0 Å². The number of phenolic OH excluding ortho intramolecular Hbond substituents is 1. The van der Waals surface area contributed by atoms with E-state index in [0.29, 0.717) is 29.8 Å². The first-order valence-electron chi connectivity index (χ1n) is 6.33. The highest BCUT2D eigenvalue weighted by atomic mass is 79.9. The predicted molar refractivity (Wildman–Crippen MR) is 91.9 cm³/mol. The number of carbonyl (C=O) groups excluding carboxylic acids is 2. The van der Waals surface area contributed by atoms with Crippen LogP contribution < -0.4 is 4.74 Å². The van der Waals surface area contributed by atoms with Crippen LogP contribution in [0.3, 0.4) is 0 Å². The van der Waals surface area contributed by atoms with Gasteiger partial charge < -0.3 is 9.84 Å². The van der Waals surface area contributed by atoms with E-state index >= 15 is 0 Å². The van der Waals surface area contributed by atoms with Crippen molar-refractivity contribution >= 4 is 44.4 Å². The molecule has 0 saturated heterocycles. The van der Waals surface area contributed by atoms with Crippen molar-refractivity contribution < 1.29 is 19.4 Å². The summed E-state index contributed by atoms with van der Waals surface area (Å²) < 4.78 is 6.92. The minimum atomic E-state index is 0.00405. The van der Waals surface area contributed by atoms with Gasteiger partial charge in [-0.05, 0) is 43.3 Å². The lowest BCUT2D eigenvalue weighted by molar-refractivity contribution is 0.111. The van der Waals surface area contributed by atoms with Crippen molar-refractivity contribution in [3.8, 4) is 11.5 Å². The number of halogens is 2. The normalized spacial score (nSPS) is 9.41. The molecule has 0 aromatic heterocycles. The van der Waals surface area contributed by atoms with E-state index in [-0.39, 0.29) is 5.75 Å². The van der Waals surface area contributed by atoms with Crippen LogP contribution in [0.25, 0.3) is 0 Å². The Hall–Kier alpha value is -1.66. The van der Waals surface area contributed by atoms with Crippen molar-refractivity contribution in [3.05, 3.63) is 56.5 Å². The van der Waals surface area contributed by atoms with Crippen LogP contribution in [0.5, 0.6) is 11.5 Å². The molecule has 2 rings (SSSR count). The second-order valence-corrected chi connectivity index (χ2v) is 5.89. The number of aldehydes is 2. The van der Waals surface area contributed by atoms with Crippen LogP contribution in [-0.4, -0.2) is 24.3 Å². The molecule has 4 nitrogen and oxygen atoms in total. The first kappa shape index (κ1) is 18.4. The number of phenols is 1. The van der Waals surface area contributed by atoms with Gasteiger partial charge in [-0.25, -0.2) is 0 Å². The fraction of sp³-hybridized carbons (Fsp3) is 0.125. The average molecular weight is 430 g/mol. The van der Waals surface area contributed by atoms with E-state index in [1.807, 2.05) is 13.0 Å². The molecule has 6 heteroatoms. The molecule has 0 atom stereocenters. The van der Waals surface area contributed by atoms with E-state index in [2.05, 4.69) is 31.9 Å². The lowest BCUT2D eigenvalue weighted by Gasteiger charge is -2.05. The molecule has 2 aromatic carbocycles. The number of aromatic hydroxyl groups is 1. The molecule has 0 fully saturated rings. The molecular weight excluding hydrogens is 416 g/mol. The van der Waals surface area contributed by atoms with Gasteiger partial charge in [-0.1, -0.05) is 31.9 Å². The highest BCUT2D eigenvalue weighted by molar-refractivity contribution is 9.10. The molecular formula is C16H14Br2O4. The van der Waals surface area contributed by atoms with Crippen LogP contribution in [0.15, 0.2) is 45.3 Å². The average Bonchev–Trinajstić information content (AvgIpc) is 2.49. The van der Waals surface area contributed by atoms with Gasteiger partial charge in [-0.15, -0.1) is 0 Å². The maximum Gasteiger partial charge on any atom is 0.153 e. The number of carbonyl (C=O) groups is 2. The third-order valence-electron chi connectivity index (χ3n) is 2.52. The molecule has 0 unspecified atom stereocenters. The fourth-order valence-electron chi connectivity index (χ4n) is 1.50. The predicted octanol–water partition coefficient (Wildman–Crippen LogP) is 4.63. The van der Waals surface area contributed by atoms with Gasteiger partial charge in [-0.3, -0.25) is 9.59 Å². The van der Waals surface area contributed by atoms with Crippen molar-refractivity contribution in [2.75, 3.05) is 6.61 Å². The van der Waals surface area contributed by atoms with Gasteiger partial charge in [0.25, 0.3) is 0 Å². The second-order valence-electron chi connectivity index (χ2n) is 4.05. The van der Waals surface area contributed by atoms with Crippen LogP contribution in [0.1, 0.15) is 27.6 Å². The van der Waals surface area contributed by atoms with Gasteiger partial charge in [-0.2, -0.15) is 0 Å². The number of ether oxygens (including phenoxy) is 1. The highest BCUT2D eigenvalue weighted by Crippen LogP contribution is 2.22. The Morgan fingerprint density at radius 2 is 1.55 bits per heavy atom. The lowest BCUT2D eigenvalue weighted by Crippen LogP contribution is -1.95. The zero-order chi connectivity index (χ0) is 16.5. The Labute approximate surface area is 145 Å². The Kier molecular flexibility index (Phi) is 7.84. The van der Waals surface area contributed by atoms with Crippen LogP contribution in [0.2, 0.25) is 0 Å². The van der Waals surface area contributed by atoms with Gasteiger partial charge in [0, 0.05) is 8.95 Å². The Morgan fingerprint density at radius 1 is 1.00 bits per heavy atom. The van der Waals surface area contributed by atoms with Gasteiger partial charge in [0.15, 0.2) is 12.6 Å². The Morgan fingerprint density at radius 3 is 2.05 bits per heavy atom. The third kappa shape index (κ3) is 5.61. The molecule has 0 bridgehead atoms. The molecule has 0 aliphatic carbocycles. The van der Waals surface area contributed by atoms with Crippen molar-refractivity contribution in [3.63, 3.8) is 0 Å². The zero-order valence-corrected chi connectivity index (χ0v) is 14.9. The van der Waals surface area contributed by atoms with E-state index in [1.165, 1.54) is 6.07 Å². The Balaban J connectivity index is 0.000000224. The van der Waals surface area contributed by atoms with Gasteiger partial charge >= 0.3 is 0 Å². The van der Waals surface area contributed by atoms with Crippen LogP contribution in [0, 0.1) is 0 Å². The molecule has 0 amide bonds. The molecule has 116 valence electrons. The molecule has 2 aromatic rings. The summed E-state index contributed by atoms with van der Waals surface area (Å²) in [6.07, 6.45) is 1.40. The summed E-state index contributed by atoms with van der Waals surface area (Å²) in [5.41, 5.74) is 0.892. The number of hydrogen-bond acceptors (Lipinski definition) is 4. The SMILES string of the molecule is CCOc1cc(Br)ccc1C=O.O=Cc1ccc(Br)cc1O. The van der Waals surface area contributed by atoms with E-state index in [9.17, 15) is 9.59 Å². The number of hydrogen-bond donors (Lipinski definition) is 1. The zero-order valence-electron chi connectivity index (χ0n) is 11.8. The van der Waals surface area contributed by atoms with E-state index in [4.69, 9.17) is 9.84 Å². The summed E-state index contributed by atoms with van der Waals surface area (Å²) >= 11 is 6.45. The minimum absolute atomic E-state index is 0.00405. The van der Waals surface area contributed by atoms with E-state index in [0.717, 1.165) is 15.2 Å². The molecule has 22 heavy (non-hydrogen) atoms. The molecule has 1 N–H and O–H groups in total. The summed E-state index contributed by atoms with van der Waals surface area (Å²) in [6, 6.07) is 10.0. The summed E-state index contributed by atoms with van der Waals surface area (Å²) in [7, 11) is 0. The first-order valence-corrected chi connectivity index (χ1v) is 7.91. The van der Waals surface area contributed by atoms with Gasteiger partial charge in [0.05, 0.1) is 17.7 Å². The smallest absolute Gasteiger partial charge is 0.153 e. The van der Waals surface area contributed by atoms with Crippen molar-refractivity contribution in [1.29, 1.82) is 0 Å². The van der Waals surface area contributed by atoms with Crippen LogP contribution in [0.4, 0.5) is 0 Å². The summed E-state index contributed by atoms with van der Waals surface area (Å²) in [6.45, 7) is 2.45. The molecule has 0 aliphatic rings. The van der Waals surface area contributed by atoms with Crippen LogP contribution in [-0.2, 0) is 0 Å². The van der Waals surface area contributed by atoms with Crippen LogP contribution >= 0.6 is 31.9 Å². The topological polar surface area (TPSA) is 63.6 Å². The lowest BCUT2D eigenvalue weighted by atomic mass is 10.2. The Bertz CT molecular complexity index is 657. The van der Waals surface area contributed by atoms with Gasteiger partial charge in [0.1, 0.15) is 11.5 Å². The molecule has 0 radical (unpaired) electrons. The largest absolute Gasteiger partial charge is 0.507 e. The van der Waals surface area contributed by atoms with E-state index < -0.39 is 0 Å². The number of rotatable bonds is 4. The molecule has 0 spiro atoms. The summed E-state index contributed by atoms with van der Waals surface area (Å²) in [5, 5.41) is 9.03. The quantitative estimate of drug-likeness (QED) is 0.719. The van der Waals surface area contributed by atoms with Crippen molar-refractivity contribution in [1.82, 2.24) is 0 Å². The highest BCUT2D eigenvalue weighted by Gasteiger charge is 2.01. The van der Waals surface area contributed by atoms with E-state index in [1.54, 1.807) is 24.3 Å². The third-order valence-corrected chi connectivity index (χ3v) is 3.51. The number of benzene rings is 2. The maximum absolute atomic E-state index is 10.5. The van der Waals surface area contributed by atoms with Crippen molar-refractivity contribution in [2.45, 2.75) is 6.92 Å².